The fourth-order valence-corrected chi connectivity index (χ4v) is 3.24. The minimum atomic E-state index is 0.387. The summed E-state index contributed by atoms with van der Waals surface area (Å²) < 4.78 is 7.42. The highest BCUT2D eigenvalue weighted by molar-refractivity contribution is 5.36. The monoisotopic (exact) mass is 354 g/mol. The van der Waals surface area contributed by atoms with E-state index in [1.807, 2.05) is 23.6 Å². The Kier molecular flexibility index (Phi) is 6.21. The van der Waals surface area contributed by atoms with Crippen molar-refractivity contribution in [2.45, 2.75) is 32.4 Å². The number of nitrogens with zero attached hydrogens (tertiary/aromatic N) is 5. The lowest BCUT2D eigenvalue weighted by Gasteiger charge is -2.16. The molecular formula is C19H26N6O. The molecule has 1 N–H and O–H groups in total. The minimum Gasteiger partial charge on any atom is -0.381 e. The smallest absolute Gasteiger partial charge is 0.129 e. The van der Waals surface area contributed by atoms with Gasteiger partial charge < -0.3 is 19.5 Å². The van der Waals surface area contributed by atoms with E-state index >= 15 is 0 Å². The van der Waals surface area contributed by atoms with Gasteiger partial charge in [0.1, 0.15) is 23.9 Å². The zero-order chi connectivity index (χ0) is 18.4. The minimum absolute atomic E-state index is 0.387. The predicted octanol–water partition coefficient (Wildman–Crippen LogP) is 2.22. The Balaban J connectivity index is 1.48. The zero-order valence-corrected chi connectivity index (χ0v) is 15.5. The van der Waals surface area contributed by atoms with Gasteiger partial charge in [0.2, 0.25) is 0 Å². The number of anilines is 1. The molecule has 1 fully saturated rings. The van der Waals surface area contributed by atoms with E-state index in [0.717, 1.165) is 68.6 Å². The lowest BCUT2D eigenvalue weighted by Crippen LogP contribution is -2.25. The van der Waals surface area contributed by atoms with E-state index in [4.69, 9.17) is 10.00 Å². The van der Waals surface area contributed by atoms with Crippen LogP contribution in [0.4, 0.5) is 5.82 Å². The molecule has 1 atom stereocenters. The van der Waals surface area contributed by atoms with Crippen LogP contribution >= 0.6 is 0 Å². The van der Waals surface area contributed by atoms with Gasteiger partial charge in [-0.05, 0) is 32.0 Å². The van der Waals surface area contributed by atoms with Crippen molar-refractivity contribution in [1.29, 1.82) is 5.26 Å². The molecule has 7 nitrogen and oxygen atoms in total. The summed E-state index contributed by atoms with van der Waals surface area (Å²) in [5, 5.41) is 12.5. The number of aryl methyl sites for hydroxylation is 1. The number of rotatable bonds is 8. The second kappa shape index (κ2) is 8.79. The van der Waals surface area contributed by atoms with Crippen molar-refractivity contribution in [3.05, 3.63) is 41.6 Å². The van der Waals surface area contributed by atoms with E-state index in [0.29, 0.717) is 5.92 Å². The van der Waals surface area contributed by atoms with Gasteiger partial charge in [0, 0.05) is 51.0 Å². The molecule has 1 saturated heterocycles. The lowest BCUT2D eigenvalue weighted by molar-refractivity contribution is 0.193. The van der Waals surface area contributed by atoms with Gasteiger partial charge in [-0.3, -0.25) is 0 Å². The number of likely N-dealkylation sites (N-methyl/N-ethyl adjacent to an activating group) is 1. The summed E-state index contributed by atoms with van der Waals surface area (Å²) in [6.45, 7) is 6.93. The van der Waals surface area contributed by atoms with Crippen LogP contribution in [0.3, 0.4) is 0 Å². The van der Waals surface area contributed by atoms with E-state index < -0.39 is 0 Å². The Morgan fingerprint density at radius 1 is 1.42 bits per heavy atom. The van der Waals surface area contributed by atoms with E-state index in [1.54, 1.807) is 6.33 Å². The molecule has 7 heteroatoms. The molecule has 0 saturated carbocycles. The highest BCUT2D eigenvalue weighted by Gasteiger charge is 2.19. The molecule has 0 spiro atoms. The largest absolute Gasteiger partial charge is 0.381 e. The maximum Gasteiger partial charge on any atom is 0.129 e. The van der Waals surface area contributed by atoms with Crippen molar-refractivity contribution < 1.29 is 4.74 Å². The first-order valence-electron chi connectivity index (χ1n) is 9.11. The highest BCUT2D eigenvalue weighted by atomic mass is 16.5. The predicted molar refractivity (Wildman–Crippen MR) is 99.9 cm³/mol. The molecule has 0 amide bonds. The topological polar surface area (TPSA) is 79.0 Å². The molecule has 0 radical (unpaired) electrons. The fourth-order valence-electron chi connectivity index (χ4n) is 3.24. The van der Waals surface area contributed by atoms with Crippen molar-refractivity contribution in [2.24, 2.45) is 0 Å². The Labute approximate surface area is 154 Å². The number of nitrogens with one attached hydrogen (secondary N) is 1. The van der Waals surface area contributed by atoms with Crippen LogP contribution in [-0.4, -0.2) is 52.8 Å². The summed E-state index contributed by atoms with van der Waals surface area (Å²) in [6.07, 6.45) is 4.71. The molecule has 2 aromatic rings. The van der Waals surface area contributed by atoms with Gasteiger partial charge in [0.15, 0.2) is 0 Å². The molecule has 138 valence electrons. The molecule has 0 bridgehead atoms. The average molecular weight is 354 g/mol. The highest BCUT2D eigenvalue weighted by Crippen LogP contribution is 2.24. The van der Waals surface area contributed by atoms with Crippen molar-refractivity contribution in [2.75, 3.05) is 38.7 Å². The summed E-state index contributed by atoms with van der Waals surface area (Å²) in [6, 6.07) is 6.24. The summed E-state index contributed by atoms with van der Waals surface area (Å²) in [7, 11) is 2.08. The van der Waals surface area contributed by atoms with E-state index in [-0.39, 0.29) is 0 Å². The van der Waals surface area contributed by atoms with Crippen LogP contribution in [-0.2, 0) is 17.8 Å². The third kappa shape index (κ3) is 4.59. The summed E-state index contributed by atoms with van der Waals surface area (Å²) in [4.78, 5) is 10.9. The zero-order valence-electron chi connectivity index (χ0n) is 15.5. The van der Waals surface area contributed by atoms with Gasteiger partial charge in [-0.2, -0.15) is 5.26 Å². The molecule has 26 heavy (non-hydrogen) atoms. The Morgan fingerprint density at radius 3 is 3.00 bits per heavy atom. The Hall–Kier alpha value is -2.43. The average Bonchev–Trinajstić information content (AvgIpc) is 3.31. The first kappa shape index (κ1) is 18.4. The van der Waals surface area contributed by atoms with Crippen molar-refractivity contribution in [3.8, 4) is 6.07 Å². The number of aromatic nitrogens is 3. The summed E-state index contributed by atoms with van der Waals surface area (Å²) >= 11 is 0. The van der Waals surface area contributed by atoms with E-state index in [1.165, 1.54) is 0 Å². The van der Waals surface area contributed by atoms with Crippen molar-refractivity contribution >= 4 is 5.82 Å². The molecule has 2 aromatic heterocycles. The Morgan fingerprint density at radius 2 is 2.31 bits per heavy atom. The van der Waals surface area contributed by atoms with Crippen LogP contribution in [0.2, 0.25) is 0 Å². The van der Waals surface area contributed by atoms with Crippen LogP contribution in [0.15, 0.2) is 24.7 Å². The quantitative estimate of drug-likeness (QED) is 0.783. The van der Waals surface area contributed by atoms with Gasteiger partial charge in [-0.15, -0.1) is 0 Å². The van der Waals surface area contributed by atoms with Crippen molar-refractivity contribution in [3.63, 3.8) is 0 Å². The SMILES string of the molecule is CCn1cc(CN(C)CCNc2cc([C@@H]3CCOC3)ncn2)cc1C#N. The molecule has 1 aliphatic heterocycles. The van der Waals surface area contributed by atoms with Crippen LogP contribution in [0.25, 0.3) is 0 Å². The molecule has 3 rings (SSSR count). The van der Waals surface area contributed by atoms with Gasteiger partial charge in [0.05, 0.1) is 12.3 Å². The maximum atomic E-state index is 9.15. The fraction of sp³-hybridized carbons (Fsp3) is 0.526. The third-order valence-corrected chi connectivity index (χ3v) is 4.70. The number of hydrogen-bond acceptors (Lipinski definition) is 6. The molecule has 0 unspecified atom stereocenters. The summed E-state index contributed by atoms with van der Waals surface area (Å²) in [5.74, 6) is 1.25. The number of ether oxygens (including phenoxy) is 1. The van der Waals surface area contributed by atoms with Crippen LogP contribution < -0.4 is 5.32 Å². The van der Waals surface area contributed by atoms with Crippen LogP contribution in [0, 0.1) is 11.3 Å². The first-order valence-corrected chi connectivity index (χ1v) is 9.11. The van der Waals surface area contributed by atoms with Crippen LogP contribution in [0.5, 0.6) is 0 Å². The van der Waals surface area contributed by atoms with Gasteiger partial charge in [-0.1, -0.05) is 0 Å². The standard InChI is InChI=1S/C19H26N6O/c1-3-25-12-15(8-17(25)10-20)11-24(2)6-5-21-19-9-18(22-14-23-19)16-4-7-26-13-16/h8-9,12,14,16H,3-7,11,13H2,1-2H3,(H,21,22,23)/t16-/m1/s1. The van der Waals surface area contributed by atoms with Crippen molar-refractivity contribution in [1.82, 2.24) is 19.4 Å². The van der Waals surface area contributed by atoms with E-state index in [2.05, 4.69) is 39.5 Å². The molecule has 1 aliphatic rings. The summed E-state index contributed by atoms with van der Waals surface area (Å²) in [5.41, 5.74) is 2.94. The van der Waals surface area contributed by atoms with Gasteiger partial charge in [0.25, 0.3) is 0 Å². The van der Waals surface area contributed by atoms with E-state index in [9.17, 15) is 0 Å². The van der Waals surface area contributed by atoms with Gasteiger partial charge in [-0.25, -0.2) is 9.97 Å². The number of hydrogen-bond donors (Lipinski definition) is 1. The maximum absolute atomic E-state index is 9.15. The second-order valence-electron chi connectivity index (χ2n) is 6.68. The van der Waals surface area contributed by atoms with Crippen LogP contribution in [0.1, 0.15) is 36.2 Å². The molecule has 0 aromatic carbocycles. The Bertz CT molecular complexity index is 760. The lowest BCUT2D eigenvalue weighted by atomic mass is 10.1. The first-order chi connectivity index (χ1) is 12.7. The van der Waals surface area contributed by atoms with Gasteiger partial charge >= 0.3 is 0 Å². The normalized spacial score (nSPS) is 16.8. The molecular weight excluding hydrogens is 328 g/mol. The third-order valence-electron chi connectivity index (χ3n) is 4.70. The second-order valence-corrected chi connectivity index (χ2v) is 6.68. The number of nitriles is 1. The molecule has 3 heterocycles. The molecule has 0 aliphatic carbocycles.